The van der Waals surface area contributed by atoms with E-state index in [1.54, 1.807) is 13.2 Å². The topological polar surface area (TPSA) is 29.5 Å². The van der Waals surface area contributed by atoms with Gasteiger partial charge in [-0.3, -0.25) is 0 Å². The monoisotopic (exact) mass is 238 g/mol. The molecule has 90 valence electrons. The van der Waals surface area contributed by atoms with Crippen LogP contribution >= 0.6 is 0 Å². The maximum absolute atomic E-state index is 9.55. The van der Waals surface area contributed by atoms with Crippen LogP contribution in [0.1, 0.15) is 11.1 Å². The van der Waals surface area contributed by atoms with Crippen molar-refractivity contribution in [3.05, 3.63) is 54.1 Å². The Morgan fingerprint density at radius 3 is 2.61 bits per heavy atom. The summed E-state index contributed by atoms with van der Waals surface area (Å²) in [5.74, 6) is 1.15. The van der Waals surface area contributed by atoms with E-state index in [1.165, 1.54) is 0 Å². The molecule has 0 amide bonds. The zero-order chi connectivity index (χ0) is 12.7. The van der Waals surface area contributed by atoms with Crippen molar-refractivity contribution in [2.24, 2.45) is 0 Å². The second-order valence-corrected chi connectivity index (χ2v) is 4.53. The highest BCUT2D eigenvalue weighted by Crippen LogP contribution is 2.40. The number of ether oxygens (including phenoxy) is 1. The second-order valence-electron chi connectivity index (χ2n) is 4.53. The lowest BCUT2D eigenvalue weighted by molar-refractivity contribution is 0.414. The van der Waals surface area contributed by atoms with Crippen molar-refractivity contribution in [2.45, 2.75) is 6.42 Å². The molecule has 0 unspecified atom stereocenters. The minimum Gasteiger partial charge on any atom is -0.508 e. The molecule has 2 aromatic carbocycles. The third kappa shape index (κ3) is 1.58. The van der Waals surface area contributed by atoms with Crippen molar-refractivity contribution in [1.29, 1.82) is 0 Å². The van der Waals surface area contributed by atoms with Crippen LogP contribution in [0.15, 0.2) is 43.0 Å². The van der Waals surface area contributed by atoms with Crippen LogP contribution in [0.2, 0.25) is 0 Å². The summed E-state index contributed by atoms with van der Waals surface area (Å²) < 4.78 is 5.25. The van der Waals surface area contributed by atoms with E-state index in [4.69, 9.17) is 4.74 Å². The molecule has 0 atom stereocenters. The number of hydrogen-bond donors (Lipinski definition) is 1. The van der Waals surface area contributed by atoms with Gasteiger partial charge in [0.25, 0.3) is 0 Å². The predicted molar refractivity (Wildman–Crippen MR) is 72.8 cm³/mol. The van der Waals surface area contributed by atoms with Crippen molar-refractivity contribution in [2.75, 3.05) is 7.11 Å². The van der Waals surface area contributed by atoms with Gasteiger partial charge >= 0.3 is 0 Å². The first kappa shape index (κ1) is 10.9. The van der Waals surface area contributed by atoms with Crippen LogP contribution in [-0.4, -0.2) is 12.2 Å². The van der Waals surface area contributed by atoms with E-state index in [2.05, 4.69) is 6.58 Å². The Bertz CT molecular complexity index is 642. The summed E-state index contributed by atoms with van der Waals surface area (Å²) in [4.78, 5) is 0. The Morgan fingerprint density at radius 1 is 1.06 bits per heavy atom. The molecule has 0 saturated heterocycles. The number of benzene rings is 2. The second kappa shape index (κ2) is 3.91. The fraction of sp³-hybridized carbons (Fsp3) is 0.125. The molecule has 3 rings (SSSR count). The third-order valence-electron chi connectivity index (χ3n) is 3.39. The van der Waals surface area contributed by atoms with Crippen molar-refractivity contribution >= 4 is 5.57 Å². The van der Waals surface area contributed by atoms with Crippen molar-refractivity contribution < 1.29 is 9.84 Å². The number of phenols is 1. The minimum atomic E-state index is 0.304. The number of fused-ring (bicyclic) bond motifs is 3. The lowest BCUT2D eigenvalue weighted by atomic mass is 9.83. The largest absolute Gasteiger partial charge is 0.508 e. The number of rotatable bonds is 1. The van der Waals surface area contributed by atoms with E-state index in [1.807, 2.05) is 30.3 Å². The van der Waals surface area contributed by atoms with Gasteiger partial charge in [0.1, 0.15) is 11.5 Å². The fourth-order valence-corrected chi connectivity index (χ4v) is 2.49. The molecule has 1 aliphatic rings. The number of phenolic OH excluding ortho intramolecular Hbond substituents is 1. The van der Waals surface area contributed by atoms with E-state index in [-0.39, 0.29) is 0 Å². The van der Waals surface area contributed by atoms with E-state index in [0.717, 1.165) is 40.0 Å². The zero-order valence-electron chi connectivity index (χ0n) is 10.2. The third-order valence-corrected chi connectivity index (χ3v) is 3.39. The summed E-state index contributed by atoms with van der Waals surface area (Å²) in [5.41, 5.74) is 5.63. The Hall–Kier alpha value is -2.22. The summed E-state index contributed by atoms with van der Waals surface area (Å²) in [6.07, 6.45) is 0.768. The van der Waals surface area contributed by atoms with Crippen LogP contribution in [0.5, 0.6) is 11.5 Å². The summed E-state index contributed by atoms with van der Waals surface area (Å²) in [6.45, 7) is 4.12. The Morgan fingerprint density at radius 2 is 1.83 bits per heavy atom. The van der Waals surface area contributed by atoms with Crippen LogP contribution in [0.3, 0.4) is 0 Å². The van der Waals surface area contributed by atoms with Gasteiger partial charge in [-0.25, -0.2) is 0 Å². The average molecular weight is 238 g/mol. The quantitative estimate of drug-likeness (QED) is 0.822. The molecule has 0 heterocycles. The zero-order valence-corrected chi connectivity index (χ0v) is 10.2. The first-order chi connectivity index (χ1) is 8.69. The first-order valence-corrected chi connectivity index (χ1v) is 5.87. The number of allylic oxidation sites excluding steroid dienone is 1. The molecule has 0 fully saturated rings. The highest BCUT2D eigenvalue weighted by atomic mass is 16.5. The Kier molecular flexibility index (Phi) is 2.37. The molecule has 0 spiro atoms. The number of aromatic hydroxyl groups is 1. The molecule has 0 radical (unpaired) electrons. The standard InChI is InChI=1S/C16H14O2/c1-10-7-11-8-12(17)3-5-14(11)15-6-4-13(18-2)9-16(10)15/h3-6,8-9,17H,1,7H2,2H3. The Labute approximate surface area is 106 Å². The molecular weight excluding hydrogens is 224 g/mol. The molecule has 1 N–H and O–H groups in total. The lowest BCUT2D eigenvalue weighted by Gasteiger charge is -2.22. The van der Waals surface area contributed by atoms with Gasteiger partial charge in [0.15, 0.2) is 0 Å². The molecule has 2 aromatic rings. The molecule has 2 heteroatoms. The van der Waals surface area contributed by atoms with E-state index in [9.17, 15) is 5.11 Å². The molecule has 0 bridgehead atoms. The average Bonchev–Trinajstić information content (AvgIpc) is 2.38. The van der Waals surface area contributed by atoms with E-state index in [0.29, 0.717) is 5.75 Å². The number of methoxy groups -OCH3 is 1. The van der Waals surface area contributed by atoms with Gasteiger partial charge < -0.3 is 9.84 Å². The molecule has 1 aliphatic carbocycles. The smallest absolute Gasteiger partial charge is 0.119 e. The maximum atomic E-state index is 9.55. The van der Waals surface area contributed by atoms with Gasteiger partial charge in [-0.2, -0.15) is 0 Å². The van der Waals surface area contributed by atoms with Gasteiger partial charge in [-0.15, -0.1) is 0 Å². The van der Waals surface area contributed by atoms with Gasteiger partial charge in [-0.1, -0.05) is 18.7 Å². The predicted octanol–water partition coefficient (Wildman–Crippen LogP) is 3.64. The minimum absolute atomic E-state index is 0.304. The van der Waals surface area contributed by atoms with E-state index < -0.39 is 0 Å². The fourth-order valence-electron chi connectivity index (χ4n) is 2.49. The van der Waals surface area contributed by atoms with Gasteiger partial charge in [0.05, 0.1) is 7.11 Å². The lowest BCUT2D eigenvalue weighted by Crippen LogP contribution is -2.02. The highest BCUT2D eigenvalue weighted by Gasteiger charge is 2.19. The van der Waals surface area contributed by atoms with Crippen LogP contribution < -0.4 is 4.74 Å². The van der Waals surface area contributed by atoms with Gasteiger partial charge in [-0.05, 0) is 58.5 Å². The highest BCUT2D eigenvalue weighted by molar-refractivity contribution is 5.88. The maximum Gasteiger partial charge on any atom is 0.119 e. The molecule has 0 saturated carbocycles. The first-order valence-electron chi connectivity index (χ1n) is 5.87. The summed E-state index contributed by atoms with van der Waals surface area (Å²) in [5, 5.41) is 9.55. The SMILES string of the molecule is C=C1Cc2cc(O)ccc2-c2ccc(OC)cc21. The molecule has 0 aliphatic heterocycles. The molecule has 2 nitrogen and oxygen atoms in total. The van der Waals surface area contributed by atoms with Crippen molar-refractivity contribution in [1.82, 2.24) is 0 Å². The normalized spacial score (nSPS) is 12.8. The molecule has 0 aromatic heterocycles. The Balaban J connectivity index is 2.24. The molecule has 18 heavy (non-hydrogen) atoms. The van der Waals surface area contributed by atoms with Crippen molar-refractivity contribution in [3.63, 3.8) is 0 Å². The summed E-state index contributed by atoms with van der Waals surface area (Å²) >= 11 is 0. The van der Waals surface area contributed by atoms with E-state index >= 15 is 0 Å². The van der Waals surface area contributed by atoms with Crippen LogP contribution in [0.25, 0.3) is 16.7 Å². The molecular formula is C16H14O2. The number of hydrogen-bond acceptors (Lipinski definition) is 2. The van der Waals surface area contributed by atoms with Crippen molar-refractivity contribution in [3.8, 4) is 22.6 Å². The van der Waals surface area contributed by atoms with Gasteiger partial charge in [0, 0.05) is 0 Å². The van der Waals surface area contributed by atoms with Crippen LogP contribution in [-0.2, 0) is 6.42 Å². The van der Waals surface area contributed by atoms with Gasteiger partial charge in [0.2, 0.25) is 0 Å². The van der Waals surface area contributed by atoms with Crippen LogP contribution in [0.4, 0.5) is 0 Å². The summed E-state index contributed by atoms with van der Waals surface area (Å²) in [7, 11) is 1.67. The van der Waals surface area contributed by atoms with Crippen LogP contribution in [0, 0.1) is 0 Å². The summed E-state index contributed by atoms with van der Waals surface area (Å²) in [6, 6.07) is 11.5.